The highest BCUT2D eigenvalue weighted by atomic mass is 16.5. The van der Waals surface area contributed by atoms with Gasteiger partial charge in [0.15, 0.2) is 0 Å². The monoisotopic (exact) mass is 221 g/mol. The van der Waals surface area contributed by atoms with Crippen molar-refractivity contribution in [2.75, 3.05) is 35.3 Å². The first kappa shape index (κ1) is 12.4. The van der Waals surface area contributed by atoms with Gasteiger partial charge in [-0.1, -0.05) is 12.1 Å². The van der Waals surface area contributed by atoms with Gasteiger partial charge in [0.05, 0.1) is 7.11 Å². The molecule has 0 amide bonds. The molecule has 1 rings (SSSR count). The smallest absolute Gasteiger partial charge is 0.200 e. The minimum absolute atomic E-state index is 0.781. The Bertz CT molecular complexity index is 362. The molecule has 0 atom stereocenters. The van der Waals surface area contributed by atoms with Crippen molar-refractivity contribution in [2.24, 2.45) is 4.99 Å². The molecule has 0 fully saturated rings. The number of hydrogen-bond donors (Lipinski definition) is 0. The Hall–Kier alpha value is -1.71. The summed E-state index contributed by atoms with van der Waals surface area (Å²) in [6, 6.07) is 7.72. The zero-order valence-corrected chi connectivity index (χ0v) is 10.6. The lowest BCUT2D eigenvalue weighted by molar-refractivity contribution is 0.415. The molecular formula is C12H19N3O. The summed E-state index contributed by atoms with van der Waals surface area (Å²) in [5.74, 6) is 1.66. The molecule has 4 heteroatoms. The Morgan fingerprint density at radius 3 is 2.12 bits per heavy atom. The summed E-state index contributed by atoms with van der Waals surface area (Å²) in [5, 5.41) is 0. The van der Waals surface area contributed by atoms with Crippen LogP contribution in [0, 0.1) is 0 Å². The molecule has 0 aliphatic heterocycles. The molecule has 0 bridgehead atoms. The number of rotatable bonds is 2. The minimum Gasteiger partial charge on any atom is -0.494 e. The number of methoxy groups -OCH3 is 1. The molecule has 1 aromatic rings. The molecule has 1 aromatic carbocycles. The van der Waals surface area contributed by atoms with Gasteiger partial charge in [0.25, 0.3) is 0 Å². The van der Waals surface area contributed by atoms with E-state index in [1.807, 2.05) is 62.3 Å². The third-order valence-electron chi connectivity index (χ3n) is 2.11. The first-order valence-electron chi connectivity index (χ1n) is 5.12. The van der Waals surface area contributed by atoms with Gasteiger partial charge in [-0.3, -0.25) is 0 Å². The van der Waals surface area contributed by atoms with E-state index in [2.05, 4.69) is 4.99 Å². The SMILES string of the molecule is COc1ccccc1N=C(N(C)C)N(C)C. The fourth-order valence-corrected chi connectivity index (χ4v) is 1.43. The lowest BCUT2D eigenvalue weighted by atomic mass is 10.3. The van der Waals surface area contributed by atoms with Crippen LogP contribution < -0.4 is 4.74 Å². The first-order chi connectivity index (χ1) is 7.56. The second-order valence-corrected chi connectivity index (χ2v) is 3.87. The zero-order chi connectivity index (χ0) is 12.1. The van der Waals surface area contributed by atoms with Crippen molar-refractivity contribution >= 4 is 11.6 Å². The van der Waals surface area contributed by atoms with Gasteiger partial charge >= 0.3 is 0 Å². The van der Waals surface area contributed by atoms with E-state index in [0.29, 0.717) is 0 Å². The third kappa shape index (κ3) is 2.89. The highest BCUT2D eigenvalue weighted by Crippen LogP contribution is 2.26. The van der Waals surface area contributed by atoms with Crippen molar-refractivity contribution in [1.82, 2.24) is 9.80 Å². The molecule has 0 aliphatic carbocycles. The number of aliphatic imine (C=N–C) groups is 1. The fraction of sp³-hybridized carbons (Fsp3) is 0.417. The summed E-state index contributed by atoms with van der Waals surface area (Å²) in [7, 11) is 9.52. The molecule has 0 N–H and O–H groups in total. The van der Waals surface area contributed by atoms with Crippen LogP contribution in [0.4, 0.5) is 5.69 Å². The summed E-state index contributed by atoms with van der Waals surface area (Å²) >= 11 is 0. The summed E-state index contributed by atoms with van der Waals surface area (Å²) in [4.78, 5) is 8.50. The largest absolute Gasteiger partial charge is 0.494 e. The highest BCUT2D eigenvalue weighted by Gasteiger charge is 2.07. The van der Waals surface area contributed by atoms with Crippen LogP contribution >= 0.6 is 0 Å². The number of hydrogen-bond acceptors (Lipinski definition) is 2. The van der Waals surface area contributed by atoms with E-state index in [-0.39, 0.29) is 0 Å². The van der Waals surface area contributed by atoms with Gasteiger partial charge in [-0.25, -0.2) is 4.99 Å². The fourth-order valence-electron chi connectivity index (χ4n) is 1.43. The van der Waals surface area contributed by atoms with Crippen molar-refractivity contribution in [3.05, 3.63) is 24.3 Å². The number of nitrogens with zero attached hydrogens (tertiary/aromatic N) is 3. The predicted molar refractivity (Wildman–Crippen MR) is 67.5 cm³/mol. The van der Waals surface area contributed by atoms with Crippen LogP contribution in [-0.4, -0.2) is 51.1 Å². The van der Waals surface area contributed by atoms with Gasteiger partial charge in [0.2, 0.25) is 5.96 Å². The Morgan fingerprint density at radius 2 is 1.62 bits per heavy atom. The van der Waals surface area contributed by atoms with E-state index in [1.54, 1.807) is 7.11 Å². The molecular weight excluding hydrogens is 202 g/mol. The normalized spacial score (nSPS) is 9.56. The van der Waals surface area contributed by atoms with Crippen LogP contribution in [-0.2, 0) is 0 Å². The summed E-state index contributed by atoms with van der Waals surface area (Å²) in [5.41, 5.74) is 0.836. The molecule has 88 valence electrons. The van der Waals surface area contributed by atoms with Crippen LogP contribution in [0.5, 0.6) is 5.75 Å². The quantitative estimate of drug-likeness (QED) is 0.563. The second kappa shape index (κ2) is 5.39. The van der Waals surface area contributed by atoms with Gasteiger partial charge in [0.1, 0.15) is 11.4 Å². The van der Waals surface area contributed by atoms with Crippen molar-refractivity contribution < 1.29 is 4.74 Å². The molecule has 0 radical (unpaired) electrons. The van der Waals surface area contributed by atoms with Gasteiger partial charge in [0, 0.05) is 28.2 Å². The topological polar surface area (TPSA) is 28.1 Å². The molecule has 0 saturated heterocycles. The van der Waals surface area contributed by atoms with Crippen LogP contribution in [0.1, 0.15) is 0 Å². The minimum atomic E-state index is 0.781. The van der Waals surface area contributed by atoms with Crippen molar-refractivity contribution in [3.63, 3.8) is 0 Å². The molecule has 0 spiro atoms. The van der Waals surface area contributed by atoms with Crippen LogP contribution in [0.15, 0.2) is 29.3 Å². The predicted octanol–water partition coefficient (Wildman–Crippen LogP) is 1.81. The van der Waals surface area contributed by atoms with Gasteiger partial charge in [-0.15, -0.1) is 0 Å². The first-order valence-corrected chi connectivity index (χ1v) is 5.12. The number of para-hydroxylation sites is 2. The summed E-state index contributed by atoms with van der Waals surface area (Å²) < 4.78 is 5.26. The van der Waals surface area contributed by atoms with E-state index < -0.39 is 0 Å². The number of guanidine groups is 1. The Labute approximate surface area is 97.1 Å². The van der Waals surface area contributed by atoms with Crippen LogP contribution in [0.2, 0.25) is 0 Å². The molecule has 0 saturated carbocycles. The van der Waals surface area contributed by atoms with Gasteiger partial charge < -0.3 is 14.5 Å². The maximum Gasteiger partial charge on any atom is 0.200 e. The average molecular weight is 221 g/mol. The van der Waals surface area contributed by atoms with Crippen molar-refractivity contribution in [3.8, 4) is 5.75 Å². The average Bonchev–Trinajstić information content (AvgIpc) is 2.25. The van der Waals surface area contributed by atoms with Crippen LogP contribution in [0.25, 0.3) is 0 Å². The molecule has 0 heterocycles. The molecule has 0 unspecified atom stereocenters. The van der Waals surface area contributed by atoms with Gasteiger partial charge in [-0.05, 0) is 12.1 Å². The molecule has 0 aromatic heterocycles. The van der Waals surface area contributed by atoms with E-state index in [0.717, 1.165) is 17.4 Å². The lowest BCUT2D eigenvalue weighted by Gasteiger charge is -2.22. The molecule has 4 nitrogen and oxygen atoms in total. The standard InChI is InChI=1S/C12H19N3O/c1-14(2)12(15(3)4)13-10-8-6-7-9-11(10)16-5/h6-9H,1-5H3. The Kier molecular flexibility index (Phi) is 4.17. The maximum absolute atomic E-state index is 5.26. The van der Waals surface area contributed by atoms with E-state index in [4.69, 9.17) is 4.74 Å². The Balaban J connectivity index is 3.12. The van der Waals surface area contributed by atoms with Gasteiger partial charge in [-0.2, -0.15) is 0 Å². The van der Waals surface area contributed by atoms with E-state index in [9.17, 15) is 0 Å². The number of ether oxygens (including phenoxy) is 1. The lowest BCUT2D eigenvalue weighted by Crippen LogP contribution is -2.35. The Morgan fingerprint density at radius 1 is 1.06 bits per heavy atom. The van der Waals surface area contributed by atoms with E-state index >= 15 is 0 Å². The number of benzene rings is 1. The van der Waals surface area contributed by atoms with Crippen molar-refractivity contribution in [2.45, 2.75) is 0 Å². The molecule has 16 heavy (non-hydrogen) atoms. The van der Waals surface area contributed by atoms with Crippen molar-refractivity contribution in [1.29, 1.82) is 0 Å². The van der Waals surface area contributed by atoms with E-state index in [1.165, 1.54) is 0 Å². The maximum atomic E-state index is 5.26. The zero-order valence-electron chi connectivity index (χ0n) is 10.6. The third-order valence-corrected chi connectivity index (χ3v) is 2.11. The molecule has 0 aliphatic rings. The highest BCUT2D eigenvalue weighted by molar-refractivity contribution is 5.82. The summed E-state index contributed by atoms with van der Waals surface area (Å²) in [6.45, 7) is 0. The second-order valence-electron chi connectivity index (χ2n) is 3.87. The summed E-state index contributed by atoms with van der Waals surface area (Å²) in [6.07, 6.45) is 0. The van der Waals surface area contributed by atoms with Crippen LogP contribution in [0.3, 0.4) is 0 Å².